The zero-order chi connectivity index (χ0) is 22.2. The van der Waals surface area contributed by atoms with Crippen LogP contribution in [0, 0.1) is 23.2 Å². The molecule has 3 aromatic carbocycles. The lowest BCUT2D eigenvalue weighted by Gasteiger charge is -2.34. The molecule has 0 spiro atoms. The molecule has 1 saturated heterocycles. The second-order valence-electron chi connectivity index (χ2n) is 7.74. The van der Waals surface area contributed by atoms with Crippen molar-refractivity contribution in [3.05, 3.63) is 65.4 Å². The van der Waals surface area contributed by atoms with Gasteiger partial charge in [-0.1, -0.05) is 48.0 Å². The smallest absolute Gasteiger partial charge is 0.311 e. The first-order chi connectivity index (χ1) is 15.6. The van der Waals surface area contributed by atoms with E-state index in [4.69, 9.17) is 16.9 Å². The van der Waals surface area contributed by atoms with E-state index in [1.165, 1.54) is 0 Å². The van der Waals surface area contributed by atoms with Gasteiger partial charge in [0.05, 0.1) is 12.5 Å². The fraction of sp³-hybridized carbons (Fsp3) is 0.208. The summed E-state index contributed by atoms with van der Waals surface area (Å²) in [5.41, 5.74) is 0.830. The van der Waals surface area contributed by atoms with Gasteiger partial charge in [0.15, 0.2) is 5.82 Å². The predicted molar refractivity (Wildman–Crippen MR) is 122 cm³/mol. The van der Waals surface area contributed by atoms with Crippen molar-refractivity contribution in [3.63, 3.8) is 0 Å². The third-order valence-electron chi connectivity index (χ3n) is 5.80. The summed E-state index contributed by atoms with van der Waals surface area (Å²) in [5, 5.41) is 14.8. The molecule has 0 amide bonds. The van der Waals surface area contributed by atoms with Gasteiger partial charge in [-0.05, 0) is 23.1 Å². The summed E-state index contributed by atoms with van der Waals surface area (Å²) < 4.78 is 30.2. The van der Waals surface area contributed by atoms with Crippen LogP contribution in [0.5, 0.6) is 0 Å². The fourth-order valence-electron chi connectivity index (χ4n) is 4.35. The summed E-state index contributed by atoms with van der Waals surface area (Å²) in [6.45, 7) is 1.66. The highest BCUT2D eigenvalue weighted by molar-refractivity contribution is 6.36. The average Bonchev–Trinajstić information content (AvgIpc) is 2.80. The van der Waals surface area contributed by atoms with Crippen LogP contribution in [0.4, 0.5) is 14.6 Å². The number of piperazine rings is 1. The van der Waals surface area contributed by atoms with Gasteiger partial charge in [-0.3, -0.25) is 0 Å². The maximum Gasteiger partial charge on any atom is 0.311 e. The molecular weight excluding hydrogens is 432 g/mol. The van der Waals surface area contributed by atoms with Crippen molar-refractivity contribution in [2.24, 2.45) is 0 Å². The van der Waals surface area contributed by atoms with Gasteiger partial charge in [0.1, 0.15) is 11.3 Å². The topological polar surface area (TPSA) is 64.8 Å². The first kappa shape index (κ1) is 20.6. The summed E-state index contributed by atoms with van der Waals surface area (Å²) in [6, 6.07) is 16.5. The van der Waals surface area contributed by atoms with Gasteiger partial charge >= 0.3 is 6.08 Å². The van der Waals surface area contributed by atoms with Crippen LogP contribution in [0.1, 0.15) is 6.42 Å². The van der Waals surface area contributed by atoms with E-state index in [1.807, 2.05) is 29.2 Å². The lowest BCUT2D eigenvalue weighted by molar-refractivity contribution is 0.457. The molecule has 1 atom stereocenters. The maximum atomic E-state index is 15.8. The van der Waals surface area contributed by atoms with Gasteiger partial charge in [-0.15, -0.1) is 0 Å². The van der Waals surface area contributed by atoms with E-state index in [2.05, 4.69) is 21.4 Å². The van der Waals surface area contributed by atoms with Crippen LogP contribution in [-0.4, -0.2) is 35.6 Å². The standard InChI is InChI=1S/C24H18ClF2N5/c25-19-6-2-4-14-3-1-5-16(20(14)19)17-7-8-18-22(21(17)26)30-24(27)31-23(18)32-12-11-29-15(13-32)9-10-28/h1-8,15,29H,9,11-13H2. The van der Waals surface area contributed by atoms with Gasteiger partial charge in [-0.2, -0.15) is 19.6 Å². The van der Waals surface area contributed by atoms with Crippen molar-refractivity contribution in [1.29, 1.82) is 5.26 Å². The molecule has 1 N–H and O–H groups in total. The number of hydrogen-bond acceptors (Lipinski definition) is 5. The van der Waals surface area contributed by atoms with Crippen LogP contribution in [0.15, 0.2) is 48.5 Å². The fourth-order valence-corrected chi connectivity index (χ4v) is 4.64. The van der Waals surface area contributed by atoms with E-state index < -0.39 is 11.9 Å². The summed E-state index contributed by atoms with van der Waals surface area (Å²) >= 11 is 6.43. The Labute approximate surface area is 188 Å². The number of benzene rings is 3. The molecule has 4 aromatic rings. The number of aromatic nitrogens is 2. The van der Waals surface area contributed by atoms with E-state index in [0.29, 0.717) is 53.4 Å². The molecule has 1 fully saturated rings. The van der Waals surface area contributed by atoms with Crippen molar-refractivity contribution in [1.82, 2.24) is 15.3 Å². The Morgan fingerprint density at radius 3 is 2.72 bits per heavy atom. The molecule has 160 valence electrons. The lowest BCUT2D eigenvalue weighted by Crippen LogP contribution is -2.51. The minimum atomic E-state index is -0.991. The van der Waals surface area contributed by atoms with Crippen LogP contribution in [-0.2, 0) is 0 Å². The van der Waals surface area contributed by atoms with Crippen molar-refractivity contribution in [2.75, 3.05) is 24.5 Å². The highest BCUT2D eigenvalue weighted by atomic mass is 35.5. The number of nitrogens with one attached hydrogen (secondary N) is 1. The third-order valence-corrected chi connectivity index (χ3v) is 6.11. The second kappa shape index (κ2) is 8.30. The van der Waals surface area contributed by atoms with Gasteiger partial charge in [-0.25, -0.2) is 4.39 Å². The van der Waals surface area contributed by atoms with E-state index in [-0.39, 0.29) is 11.6 Å². The highest BCUT2D eigenvalue weighted by Crippen LogP contribution is 2.38. The van der Waals surface area contributed by atoms with E-state index >= 15 is 4.39 Å². The molecule has 0 radical (unpaired) electrons. The molecule has 2 heterocycles. The Hall–Kier alpha value is -3.34. The highest BCUT2D eigenvalue weighted by Gasteiger charge is 2.24. The van der Waals surface area contributed by atoms with Gasteiger partial charge in [0.2, 0.25) is 0 Å². The summed E-state index contributed by atoms with van der Waals surface area (Å²) in [7, 11) is 0. The van der Waals surface area contributed by atoms with Crippen LogP contribution in [0.2, 0.25) is 5.02 Å². The summed E-state index contributed by atoms with van der Waals surface area (Å²) in [5.74, 6) is -0.292. The van der Waals surface area contributed by atoms with Crippen LogP contribution >= 0.6 is 11.6 Å². The van der Waals surface area contributed by atoms with Crippen LogP contribution in [0.25, 0.3) is 32.8 Å². The number of rotatable bonds is 3. The van der Waals surface area contributed by atoms with Crippen molar-refractivity contribution < 1.29 is 8.78 Å². The average molecular weight is 450 g/mol. The molecule has 1 unspecified atom stereocenters. The maximum absolute atomic E-state index is 15.8. The van der Waals surface area contributed by atoms with Crippen molar-refractivity contribution in [3.8, 4) is 17.2 Å². The second-order valence-corrected chi connectivity index (χ2v) is 8.15. The monoisotopic (exact) mass is 449 g/mol. The SMILES string of the molecule is N#CCC1CN(c2nc(F)nc3c(F)c(-c4cccc5cccc(Cl)c45)ccc23)CCN1. The molecule has 32 heavy (non-hydrogen) atoms. The first-order valence-corrected chi connectivity index (χ1v) is 10.6. The van der Waals surface area contributed by atoms with Crippen LogP contribution in [0.3, 0.4) is 0 Å². The normalized spacial score (nSPS) is 16.4. The zero-order valence-electron chi connectivity index (χ0n) is 16.9. The Balaban J connectivity index is 1.67. The molecule has 5 rings (SSSR count). The minimum Gasteiger partial charge on any atom is -0.353 e. The Bertz CT molecular complexity index is 1380. The zero-order valence-corrected chi connectivity index (χ0v) is 17.7. The van der Waals surface area contributed by atoms with Crippen LogP contribution < -0.4 is 10.2 Å². The van der Waals surface area contributed by atoms with Crippen molar-refractivity contribution in [2.45, 2.75) is 12.5 Å². The van der Waals surface area contributed by atoms with Gasteiger partial charge < -0.3 is 10.2 Å². The predicted octanol–water partition coefficient (Wildman–Crippen LogP) is 5.07. The molecular formula is C24H18ClF2N5. The number of anilines is 1. The molecule has 0 saturated carbocycles. The minimum absolute atomic E-state index is 0.0660. The number of halogens is 3. The summed E-state index contributed by atoms with van der Waals surface area (Å²) in [4.78, 5) is 9.65. The van der Waals surface area contributed by atoms with Gasteiger partial charge in [0.25, 0.3) is 0 Å². The number of fused-ring (bicyclic) bond motifs is 2. The largest absolute Gasteiger partial charge is 0.353 e. The van der Waals surface area contributed by atoms with E-state index in [1.54, 1.807) is 24.3 Å². The quantitative estimate of drug-likeness (QED) is 0.442. The molecule has 1 aliphatic heterocycles. The number of hydrogen-bond donors (Lipinski definition) is 1. The lowest BCUT2D eigenvalue weighted by atomic mass is 9.96. The first-order valence-electron chi connectivity index (χ1n) is 10.3. The van der Waals surface area contributed by atoms with E-state index in [9.17, 15) is 4.39 Å². The molecule has 0 aliphatic carbocycles. The molecule has 0 bridgehead atoms. The third kappa shape index (κ3) is 3.52. The summed E-state index contributed by atoms with van der Waals surface area (Å²) in [6.07, 6.45) is -0.669. The van der Waals surface area contributed by atoms with Crippen molar-refractivity contribution >= 4 is 39.1 Å². The molecule has 1 aliphatic rings. The Morgan fingerprint density at radius 2 is 1.91 bits per heavy atom. The molecule has 5 nitrogen and oxygen atoms in total. The van der Waals surface area contributed by atoms with E-state index in [0.717, 1.165) is 10.8 Å². The number of nitrogens with zero attached hydrogens (tertiary/aromatic N) is 4. The Kier molecular flexibility index (Phi) is 5.33. The molecule has 8 heteroatoms. The molecule has 1 aromatic heterocycles. The number of nitriles is 1. The Morgan fingerprint density at radius 1 is 1.09 bits per heavy atom. The van der Waals surface area contributed by atoms with Gasteiger partial charge in [0, 0.05) is 47.0 Å².